The number of hydrogen-bond donors (Lipinski definition) is 0. The fourth-order valence-corrected chi connectivity index (χ4v) is 2.67. The van der Waals surface area contributed by atoms with E-state index in [-0.39, 0.29) is 5.92 Å². The minimum absolute atomic E-state index is 0.243. The molecule has 3 aliphatic rings. The van der Waals surface area contributed by atoms with Crippen LogP contribution in [0.5, 0.6) is 5.88 Å². The molecule has 0 atom stereocenters. The summed E-state index contributed by atoms with van der Waals surface area (Å²) < 4.78 is 5.02. The lowest BCUT2D eigenvalue weighted by molar-refractivity contribution is -0.125. The SMILES string of the molecule is COc1ccc(C=C2C(=O)C3CCN2CC3)cn1. The maximum Gasteiger partial charge on any atom is 0.212 e. The van der Waals surface area contributed by atoms with E-state index in [9.17, 15) is 4.79 Å². The van der Waals surface area contributed by atoms with Gasteiger partial charge in [0.1, 0.15) is 0 Å². The fourth-order valence-electron chi connectivity index (χ4n) is 2.67. The number of carbonyl (C=O) groups excluding carboxylic acids is 1. The molecule has 3 aliphatic heterocycles. The van der Waals surface area contributed by atoms with Crippen LogP contribution >= 0.6 is 0 Å². The van der Waals surface area contributed by atoms with Gasteiger partial charge in [-0.05, 0) is 30.5 Å². The molecule has 1 aromatic rings. The molecular weight excluding hydrogens is 228 g/mol. The number of ether oxygens (including phenoxy) is 1. The van der Waals surface area contributed by atoms with Crippen molar-refractivity contribution in [2.24, 2.45) is 5.92 Å². The van der Waals surface area contributed by atoms with E-state index in [2.05, 4.69) is 9.88 Å². The Labute approximate surface area is 106 Å². The molecule has 4 heterocycles. The van der Waals surface area contributed by atoms with Crippen LogP contribution in [0.4, 0.5) is 0 Å². The van der Waals surface area contributed by atoms with Crippen LogP contribution in [-0.2, 0) is 4.79 Å². The van der Waals surface area contributed by atoms with Crippen LogP contribution in [0.1, 0.15) is 18.4 Å². The summed E-state index contributed by atoms with van der Waals surface area (Å²) in [6.07, 6.45) is 5.71. The lowest BCUT2D eigenvalue weighted by Crippen LogP contribution is -2.45. The van der Waals surface area contributed by atoms with E-state index in [0.29, 0.717) is 11.7 Å². The molecule has 3 fully saturated rings. The minimum Gasteiger partial charge on any atom is -0.481 e. The molecule has 0 radical (unpaired) electrons. The molecule has 0 amide bonds. The van der Waals surface area contributed by atoms with Crippen molar-refractivity contribution in [1.82, 2.24) is 9.88 Å². The first kappa shape index (κ1) is 11.3. The molecule has 0 N–H and O–H groups in total. The van der Waals surface area contributed by atoms with Gasteiger partial charge in [-0.3, -0.25) is 4.79 Å². The number of carbonyl (C=O) groups is 1. The van der Waals surface area contributed by atoms with E-state index < -0.39 is 0 Å². The molecule has 4 heteroatoms. The largest absolute Gasteiger partial charge is 0.481 e. The summed E-state index contributed by atoms with van der Waals surface area (Å²) in [7, 11) is 1.59. The molecule has 1 aromatic heterocycles. The summed E-state index contributed by atoms with van der Waals surface area (Å²) in [6.45, 7) is 2.01. The Kier molecular flexibility index (Phi) is 2.78. The minimum atomic E-state index is 0.243. The van der Waals surface area contributed by atoms with Gasteiger partial charge in [-0.25, -0.2) is 4.98 Å². The highest BCUT2D eigenvalue weighted by molar-refractivity contribution is 6.01. The van der Waals surface area contributed by atoms with Gasteiger partial charge in [-0.2, -0.15) is 0 Å². The van der Waals surface area contributed by atoms with Crippen LogP contribution in [-0.4, -0.2) is 35.9 Å². The Morgan fingerprint density at radius 1 is 1.39 bits per heavy atom. The maximum atomic E-state index is 12.2. The summed E-state index contributed by atoms with van der Waals surface area (Å²) in [5.74, 6) is 1.13. The van der Waals surface area contributed by atoms with Gasteiger partial charge in [-0.1, -0.05) is 0 Å². The van der Waals surface area contributed by atoms with Crippen LogP contribution in [0, 0.1) is 5.92 Å². The second kappa shape index (κ2) is 4.44. The molecule has 0 aliphatic carbocycles. The van der Waals surface area contributed by atoms with Crippen LogP contribution in [0.2, 0.25) is 0 Å². The number of rotatable bonds is 2. The van der Waals surface area contributed by atoms with E-state index >= 15 is 0 Å². The summed E-state index contributed by atoms with van der Waals surface area (Å²) in [6, 6.07) is 3.74. The van der Waals surface area contributed by atoms with Gasteiger partial charge < -0.3 is 9.64 Å². The fraction of sp³-hybridized carbons (Fsp3) is 0.429. The molecule has 4 nitrogen and oxygen atoms in total. The number of pyridine rings is 1. The van der Waals surface area contributed by atoms with E-state index in [1.165, 1.54) is 0 Å². The third-order valence-electron chi connectivity index (χ3n) is 3.73. The number of hydrogen-bond acceptors (Lipinski definition) is 4. The Balaban J connectivity index is 1.88. The molecule has 0 spiro atoms. The van der Waals surface area contributed by atoms with Crippen molar-refractivity contribution in [3.05, 3.63) is 29.6 Å². The van der Waals surface area contributed by atoms with Gasteiger partial charge in [0.25, 0.3) is 0 Å². The molecular formula is C14H16N2O2. The second-order valence-electron chi connectivity index (χ2n) is 4.79. The number of Topliss-reactive ketones (excluding diaryl/α,β-unsaturated/α-hetero) is 1. The Hall–Kier alpha value is -1.84. The van der Waals surface area contributed by atoms with Crippen molar-refractivity contribution >= 4 is 11.9 Å². The van der Waals surface area contributed by atoms with Crippen molar-refractivity contribution < 1.29 is 9.53 Å². The zero-order chi connectivity index (χ0) is 12.5. The van der Waals surface area contributed by atoms with Gasteiger partial charge in [0, 0.05) is 31.3 Å². The third kappa shape index (κ3) is 1.88. The van der Waals surface area contributed by atoms with Crippen molar-refractivity contribution in [1.29, 1.82) is 0 Å². The molecule has 0 unspecified atom stereocenters. The smallest absolute Gasteiger partial charge is 0.212 e. The second-order valence-corrected chi connectivity index (χ2v) is 4.79. The zero-order valence-electron chi connectivity index (χ0n) is 10.4. The van der Waals surface area contributed by atoms with Gasteiger partial charge in [-0.15, -0.1) is 0 Å². The van der Waals surface area contributed by atoms with Crippen molar-refractivity contribution in [2.75, 3.05) is 20.2 Å². The monoisotopic (exact) mass is 244 g/mol. The van der Waals surface area contributed by atoms with Crippen molar-refractivity contribution in [3.63, 3.8) is 0 Å². The highest BCUT2D eigenvalue weighted by Crippen LogP contribution is 2.32. The molecule has 0 aromatic carbocycles. The predicted octanol–water partition coefficient (Wildman–Crippen LogP) is 1.73. The van der Waals surface area contributed by atoms with Crippen LogP contribution in [0.15, 0.2) is 24.0 Å². The Morgan fingerprint density at radius 2 is 2.17 bits per heavy atom. The number of nitrogens with zero attached hydrogens (tertiary/aromatic N) is 2. The zero-order valence-corrected chi connectivity index (χ0v) is 10.4. The van der Waals surface area contributed by atoms with E-state index in [1.54, 1.807) is 13.3 Å². The van der Waals surface area contributed by atoms with Crippen LogP contribution < -0.4 is 4.74 Å². The highest BCUT2D eigenvalue weighted by Gasteiger charge is 2.36. The number of fused-ring (bicyclic) bond motifs is 3. The Morgan fingerprint density at radius 3 is 2.72 bits per heavy atom. The standard InChI is InChI=1S/C14H16N2O2/c1-18-13-3-2-10(9-15-13)8-12-14(17)11-4-6-16(12)7-5-11/h2-3,8-9,11H,4-7H2,1H3. The average Bonchev–Trinajstić information content (AvgIpc) is 2.44. The Bertz CT molecular complexity index is 485. The number of allylic oxidation sites excluding steroid dienone is 1. The molecule has 18 heavy (non-hydrogen) atoms. The predicted molar refractivity (Wildman–Crippen MR) is 68.1 cm³/mol. The summed E-state index contributed by atoms with van der Waals surface area (Å²) in [5, 5.41) is 0. The first-order chi connectivity index (χ1) is 8.78. The lowest BCUT2D eigenvalue weighted by Gasteiger charge is -2.41. The highest BCUT2D eigenvalue weighted by atomic mass is 16.5. The van der Waals surface area contributed by atoms with E-state index in [0.717, 1.165) is 37.2 Å². The molecule has 4 rings (SSSR count). The number of piperidine rings is 3. The summed E-state index contributed by atoms with van der Waals surface area (Å²) in [5.41, 5.74) is 1.80. The molecule has 94 valence electrons. The van der Waals surface area contributed by atoms with Crippen LogP contribution in [0.25, 0.3) is 6.08 Å². The first-order valence-electron chi connectivity index (χ1n) is 6.29. The average molecular weight is 244 g/mol. The quantitative estimate of drug-likeness (QED) is 0.743. The summed E-state index contributed by atoms with van der Waals surface area (Å²) >= 11 is 0. The molecule has 3 saturated heterocycles. The lowest BCUT2D eigenvalue weighted by atomic mass is 9.84. The molecule has 2 bridgehead atoms. The maximum absolute atomic E-state index is 12.2. The normalized spacial score (nSPS) is 21.7. The van der Waals surface area contributed by atoms with Gasteiger partial charge in [0.15, 0.2) is 5.78 Å². The van der Waals surface area contributed by atoms with E-state index in [1.807, 2.05) is 18.2 Å². The number of aromatic nitrogens is 1. The molecule has 0 saturated carbocycles. The number of methoxy groups -OCH3 is 1. The van der Waals surface area contributed by atoms with Crippen molar-refractivity contribution in [3.8, 4) is 5.88 Å². The first-order valence-corrected chi connectivity index (χ1v) is 6.29. The number of ketones is 1. The van der Waals surface area contributed by atoms with Crippen molar-refractivity contribution in [2.45, 2.75) is 12.8 Å². The van der Waals surface area contributed by atoms with Gasteiger partial charge >= 0.3 is 0 Å². The van der Waals surface area contributed by atoms with Gasteiger partial charge in [0.2, 0.25) is 5.88 Å². The van der Waals surface area contributed by atoms with Gasteiger partial charge in [0.05, 0.1) is 12.8 Å². The topological polar surface area (TPSA) is 42.4 Å². The summed E-state index contributed by atoms with van der Waals surface area (Å²) in [4.78, 5) is 18.5. The van der Waals surface area contributed by atoms with E-state index in [4.69, 9.17) is 4.74 Å². The van der Waals surface area contributed by atoms with Crippen LogP contribution in [0.3, 0.4) is 0 Å². The third-order valence-corrected chi connectivity index (χ3v) is 3.73.